The van der Waals surface area contributed by atoms with E-state index in [9.17, 15) is 20.1 Å². The van der Waals surface area contributed by atoms with E-state index in [4.69, 9.17) is 16.3 Å². The summed E-state index contributed by atoms with van der Waals surface area (Å²) in [7, 11) is 0. The van der Waals surface area contributed by atoms with E-state index in [1.54, 1.807) is 0 Å². The summed E-state index contributed by atoms with van der Waals surface area (Å²) in [6.07, 6.45) is 4.33. The highest BCUT2D eigenvalue weighted by molar-refractivity contribution is 6.36. The lowest BCUT2D eigenvalue weighted by Crippen LogP contribution is -2.23. The van der Waals surface area contributed by atoms with Crippen molar-refractivity contribution < 1.29 is 24.9 Å². The number of benzene rings is 5. The molecular weight excluding hydrogens is 596 g/mol. The summed E-state index contributed by atoms with van der Waals surface area (Å²) in [5, 5.41) is 35.3. The molecule has 1 saturated carbocycles. The van der Waals surface area contributed by atoms with Crippen molar-refractivity contribution in [2.45, 2.75) is 51.6 Å². The zero-order valence-electron chi connectivity index (χ0n) is 25.9. The highest BCUT2D eigenvalue weighted by Crippen LogP contribution is 2.47. The van der Waals surface area contributed by atoms with Gasteiger partial charge in [-0.25, -0.2) is 0 Å². The van der Waals surface area contributed by atoms with Crippen molar-refractivity contribution in [1.29, 1.82) is 0 Å². The quantitative estimate of drug-likeness (QED) is 0.149. The van der Waals surface area contributed by atoms with Gasteiger partial charge in [0.25, 0.3) is 0 Å². The van der Waals surface area contributed by atoms with Gasteiger partial charge in [-0.05, 0) is 107 Å². The predicted octanol–water partition coefficient (Wildman–Crippen LogP) is 9.12. The number of aliphatic hydroxyl groups is 1. The van der Waals surface area contributed by atoms with Crippen molar-refractivity contribution in [3.8, 4) is 33.8 Å². The number of aromatic hydroxyl groups is 2. The first-order valence-corrected chi connectivity index (χ1v) is 16.4. The number of aryl methyl sites for hydroxylation is 1. The van der Waals surface area contributed by atoms with Crippen molar-refractivity contribution >= 4 is 28.2 Å². The molecule has 7 rings (SSSR count). The Morgan fingerprint density at radius 2 is 1.59 bits per heavy atom. The second-order valence-corrected chi connectivity index (χ2v) is 13.2. The number of fused-ring (bicyclic) bond motifs is 1. The number of aliphatic hydroxyl groups excluding tert-OH is 1. The molecule has 0 unspecified atom stereocenters. The van der Waals surface area contributed by atoms with Gasteiger partial charge in [0, 0.05) is 42.1 Å². The van der Waals surface area contributed by atoms with Gasteiger partial charge >= 0.3 is 0 Å². The number of phenolic OH excluding ortho intramolecular Hbond substituents is 2. The molecule has 5 nitrogen and oxygen atoms in total. The Morgan fingerprint density at radius 3 is 2.30 bits per heavy atom. The van der Waals surface area contributed by atoms with E-state index in [1.165, 1.54) is 18.4 Å². The lowest BCUT2D eigenvalue weighted by molar-refractivity contribution is 0.0545. The number of hydrogen-bond acceptors (Lipinski definition) is 5. The Kier molecular flexibility index (Phi) is 8.33. The first-order chi connectivity index (χ1) is 22.3. The molecule has 2 aliphatic rings. The monoisotopic (exact) mass is 632 g/mol. The average Bonchev–Trinajstić information content (AvgIpc) is 3.93. The summed E-state index contributed by atoms with van der Waals surface area (Å²) in [5.74, 6) is 1.03. The smallest absolute Gasteiger partial charge is 0.166 e. The molecule has 1 heterocycles. The lowest BCUT2D eigenvalue weighted by atomic mass is 9.88. The molecule has 1 saturated heterocycles. The number of Topliss-reactive ketones (excluding diaryl/α,β-unsaturated/α-hetero) is 1. The molecule has 0 radical (unpaired) electrons. The number of ether oxygens (including phenoxy) is 1. The third kappa shape index (κ3) is 5.79. The molecule has 5 aromatic carbocycles. The van der Waals surface area contributed by atoms with Crippen LogP contribution in [0.4, 0.5) is 0 Å². The zero-order valence-corrected chi connectivity index (χ0v) is 26.6. The van der Waals surface area contributed by atoms with Gasteiger partial charge in [-0.2, -0.15) is 0 Å². The largest absolute Gasteiger partial charge is 0.507 e. The van der Waals surface area contributed by atoms with E-state index in [1.807, 2.05) is 79.7 Å². The van der Waals surface area contributed by atoms with E-state index in [2.05, 4.69) is 6.07 Å². The van der Waals surface area contributed by atoms with Gasteiger partial charge in [-0.1, -0.05) is 72.3 Å². The van der Waals surface area contributed by atoms with Crippen LogP contribution in [0.15, 0.2) is 78.9 Å². The minimum absolute atomic E-state index is 0.00754. The average molecular weight is 633 g/mol. The van der Waals surface area contributed by atoms with Crippen molar-refractivity contribution in [1.82, 2.24) is 0 Å². The minimum Gasteiger partial charge on any atom is -0.507 e. The molecule has 3 N–H and O–H groups in total. The molecule has 2 fully saturated rings. The Bertz CT molecular complexity index is 1950. The van der Waals surface area contributed by atoms with E-state index in [0.29, 0.717) is 52.7 Å². The number of ketones is 1. The van der Waals surface area contributed by atoms with Gasteiger partial charge in [0.1, 0.15) is 11.5 Å². The fraction of sp³-hybridized carbons (Fsp3) is 0.275. The van der Waals surface area contributed by atoms with Gasteiger partial charge < -0.3 is 20.1 Å². The summed E-state index contributed by atoms with van der Waals surface area (Å²) in [4.78, 5) is 13.0. The lowest BCUT2D eigenvalue weighted by Gasteiger charge is -2.21. The Hall–Kier alpha value is -4.16. The van der Waals surface area contributed by atoms with Gasteiger partial charge in [0.05, 0.1) is 11.6 Å². The van der Waals surface area contributed by atoms with Gasteiger partial charge in [-0.15, -0.1) is 0 Å². The maximum atomic E-state index is 13.0. The summed E-state index contributed by atoms with van der Waals surface area (Å²) in [5.41, 5.74) is 8.04. The van der Waals surface area contributed by atoms with Gasteiger partial charge in [0.15, 0.2) is 5.78 Å². The molecule has 1 aliphatic carbocycles. The van der Waals surface area contributed by atoms with Crippen LogP contribution in [0.3, 0.4) is 0 Å². The van der Waals surface area contributed by atoms with Crippen LogP contribution in [-0.2, 0) is 17.8 Å². The SMILES string of the molecule is Cc1cc(-c2cccc(-c3ccc4cc(C5CC5)cc(Cl)c4c3O)c2CO)cc(Cc2ccc(C(=O)C3CCOCC3)cc2)c1O. The normalized spacial score (nSPS) is 15.4. The zero-order chi connectivity index (χ0) is 31.9. The second kappa shape index (κ2) is 12.6. The molecule has 5 aromatic rings. The summed E-state index contributed by atoms with van der Waals surface area (Å²) < 4.78 is 5.41. The van der Waals surface area contributed by atoms with Crippen molar-refractivity contribution in [2.75, 3.05) is 13.2 Å². The highest BCUT2D eigenvalue weighted by Gasteiger charge is 2.26. The highest BCUT2D eigenvalue weighted by atomic mass is 35.5. The Balaban J connectivity index is 1.22. The van der Waals surface area contributed by atoms with Gasteiger partial charge in [-0.3, -0.25) is 4.79 Å². The van der Waals surface area contributed by atoms with Crippen LogP contribution in [-0.4, -0.2) is 34.3 Å². The maximum Gasteiger partial charge on any atom is 0.166 e. The van der Waals surface area contributed by atoms with Crippen molar-refractivity contribution in [3.05, 3.63) is 117 Å². The van der Waals surface area contributed by atoms with Crippen LogP contribution in [0.25, 0.3) is 33.0 Å². The Labute approximate surface area is 274 Å². The molecule has 234 valence electrons. The predicted molar refractivity (Wildman–Crippen MR) is 183 cm³/mol. The number of phenols is 2. The van der Waals surface area contributed by atoms with Crippen molar-refractivity contribution in [2.24, 2.45) is 5.92 Å². The first kappa shape index (κ1) is 30.5. The summed E-state index contributed by atoms with van der Waals surface area (Å²) in [6, 6.07) is 25.3. The molecular formula is C40H37ClO5. The molecule has 0 bridgehead atoms. The van der Waals surface area contributed by atoms with E-state index < -0.39 is 0 Å². The minimum atomic E-state index is -0.241. The molecule has 0 amide bonds. The summed E-state index contributed by atoms with van der Waals surface area (Å²) >= 11 is 6.72. The van der Waals surface area contributed by atoms with Crippen LogP contribution < -0.4 is 0 Å². The van der Waals surface area contributed by atoms with Gasteiger partial charge in [0.2, 0.25) is 0 Å². The third-order valence-corrected chi connectivity index (χ3v) is 9.95. The fourth-order valence-electron chi connectivity index (χ4n) is 6.91. The summed E-state index contributed by atoms with van der Waals surface area (Å²) in [6.45, 7) is 2.88. The van der Waals surface area contributed by atoms with E-state index >= 15 is 0 Å². The van der Waals surface area contributed by atoms with Crippen LogP contribution in [0.1, 0.15) is 69.8 Å². The van der Waals surface area contributed by atoms with Crippen molar-refractivity contribution in [3.63, 3.8) is 0 Å². The number of halogens is 1. The van der Waals surface area contributed by atoms with Crippen LogP contribution >= 0.6 is 11.6 Å². The number of carbonyl (C=O) groups is 1. The number of hydrogen-bond donors (Lipinski definition) is 3. The Morgan fingerprint density at radius 1 is 0.848 bits per heavy atom. The molecule has 6 heteroatoms. The molecule has 1 aliphatic heterocycles. The van der Waals surface area contributed by atoms with Crippen LogP contribution in [0.2, 0.25) is 5.02 Å². The van der Waals surface area contributed by atoms with E-state index in [0.717, 1.165) is 51.6 Å². The fourth-order valence-corrected chi connectivity index (χ4v) is 7.24. The second-order valence-electron chi connectivity index (χ2n) is 12.8. The molecule has 0 aromatic heterocycles. The maximum absolute atomic E-state index is 13.0. The molecule has 0 spiro atoms. The first-order valence-electron chi connectivity index (χ1n) is 16.0. The van der Waals surface area contributed by atoms with E-state index in [-0.39, 0.29) is 29.8 Å². The third-order valence-electron chi connectivity index (χ3n) is 9.65. The molecule has 46 heavy (non-hydrogen) atoms. The topological polar surface area (TPSA) is 87.0 Å². The standard InChI is InChI=1S/C40H37ClO5/c1-23-17-30(20-31(38(23)43)18-24-5-7-26(8-6-24)39(44)27-13-15-46-16-14-27)32-3-2-4-33(35(32)22-42)34-12-11-28-19-29(25-9-10-25)21-36(41)37(28)40(34)45/h2-8,11-12,17,19-21,25,27,42-43,45H,9-10,13-16,18,22H2,1H3. The van der Waals surface area contributed by atoms with Crippen LogP contribution in [0.5, 0.6) is 11.5 Å². The number of carbonyl (C=O) groups excluding carboxylic acids is 1. The number of rotatable bonds is 8. The van der Waals surface area contributed by atoms with Crippen LogP contribution in [0, 0.1) is 12.8 Å². The molecule has 0 atom stereocenters.